The number of rotatable bonds is 4. The summed E-state index contributed by atoms with van der Waals surface area (Å²) in [5.74, 6) is 0.499. The third-order valence-corrected chi connectivity index (χ3v) is 5.08. The number of hydrogen-bond donors (Lipinski definition) is 2. The minimum absolute atomic E-state index is 0.331. The first-order chi connectivity index (χ1) is 12.8. The highest BCUT2D eigenvalue weighted by Crippen LogP contribution is 2.30. The fourth-order valence-corrected chi connectivity index (χ4v) is 3.69. The van der Waals surface area contributed by atoms with Gasteiger partial charge in [-0.25, -0.2) is 4.79 Å². The van der Waals surface area contributed by atoms with Crippen molar-refractivity contribution in [1.82, 2.24) is 10.3 Å². The number of carbonyl (C=O) groups excluding carboxylic acids is 1. The molecule has 1 saturated carbocycles. The van der Waals surface area contributed by atoms with Crippen LogP contribution in [0.4, 0.5) is 10.5 Å². The van der Waals surface area contributed by atoms with Crippen molar-refractivity contribution < 1.29 is 9.53 Å². The lowest BCUT2D eigenvalue weighted by Crippen LogP contribution is -2.37. The Kier molecular flexibility index (Phi) is 6.10. The molecule has 27 heavy (non-hydrogen) atoms. The maximum absolute atomic E-state index is 11.8. The van der Waals surface area contributed by atoms with Crippen molar-refractivity contribution in [2.75, 3.05) is 11.9 Å². The molecule has 5 nitrogen and oxygen atoms in total. The van der Waals surface area contributed by atoms with Gasteiger partial charge in [0, 0.05) is 34.9 Å². The molecule has 1 heterocycles. The van der Waals surface area contributed by atoms with Gasteiger partial charge in [0.05, 0.1) is 5.52 Å². The average Bonchev–Trinajstić information content (AvgIpc) is 2.60. The molecule has 146 valence electrons. The number of ether oxygens (including phenoxy) is 1. The number of nitrogens with one attached hydrogen (secondary N) is 2. The second-order valence-corrected chi connectivity index (χ2v) is 8.70. The third kappa shape index (κ3) is 5.73. The summed E-state index contributed by atoms with van der Waals surface area (Å²) in [5, 5.41) is 8.33. The van der Waals surface area contributed by atoms with Crippen LogP contribution < -0.4 is 10.6 Å². The number of carbonyl (C=O) groups is 1. The zero-order chi connectivity index (χ0) is 19.4. The summed E-state index contributed by atoms with van der Waals surface area (Å²) >= 11 is 6.15. The van der Waals surface area contributed by atoms with Gasteiger partial charge in [-0.2, -0.15) is 0 Å². The van der Waals surface area contributed by atoms with Crippen LogP contribution in [0, 0.1) is 5.92 Å². The fraction of sp³-hybridized carbons (Fsp3) is 0.524. The van der Waals surface area contributed by atoms with Crippen LogP contribution in [-0.4, -0.2) is 29.3 Å². The fourth-order valence-electron chi connectivity index (χ4n) is 3.52. The van der Waals surface area contributed by atoms with Crippen LogP contribution in [0.15, 0.2) is 30.5 Å². The van der Waals surface area contributed by atoms with Crippen molar-refractivity contribution in [1.29, 1.82) is 0 Å². The number of nitrogens with zero attached hydrogens (tertiary/aromatic N) is 1. The number of hydrogen-bond acceptors (Lipinski definition) is 4. The predicted octanol–water partition coefficient (Wildman–Crippen LogP) is 5.38. The molecule has 1 fully saturated rings. The Hall–Kier alpha value is -2.01. The molecule has 0 aliphatic heterocycles. The van der Waals surface area contributed by atoms with Crippen LogP contribution >= 0.6 is 11.6 Å². The van der Waals surface area contributed by atoms with Crippen LogP contribution in [0.1, 0.15) is 46.5 Å². The molecule has 0 radical (unpaired) electrons. The van der Waals surface area contributed by atoms with E-state index in [0.717, 1.165) is 47.3 Å². The third-order valence-electron chi connectivity index (χ3n) is 4.84. The van der Waals surface area contributed by atoms with Crippen LogP contribution in [0.3, 0.4) is 0 Å². The Morgan fingerprint density at radius 1 is 1.22 bits per heavy atom. The minimum atomic E-state index is -0.456. The van der Waals surface area contributed by atoms with Gasteiger partial charge >= 0.3 is 6.09 Å². The van der Waals surface area contributed by atoms with Crippen molar-refractivity contribution in [2.45, 2.75) is 58.1 Å². The molecule has 2 N–H and O–H groups in total. The Bertz CT molecular complexity index is 796. The monoisotopic (exact) mass is 389 g/mol. The van der Waals surface area contributed by atoms with E-state index < -0.39 is 5.60 Å². The Labute approximate surface area is 165 Å². The molecule has 0 bridgehead atoms. The van der Waals surface area contributed by atoms with Crippen LogP contribution in [0.2, 0.25) is 5.02 Å². The topological polar surface area (TPSA) is 63.2 Å². The number of amides is 1. The van der Waals surface area contributed by atoms with E-state index in [0.29, 0.717) is 18.5 Å². The van der Waals surface area contributed by atoms with Crippen LogP contribution in [0.5, 0.6) is 0 Å². The van der Waals surface area contributed by atoms with E-state index in [9.17, 15) is 4.79 Å². The smallest absolute Gasteiger partial charge is 0.407 e. The lowest BCUT2D eigenvalue weighted by Gasteiger charge is -2.30. The number of pyridine rings is 1. The number of aromatic nitrogens is 1. The highest BCUT2D eigenvalue weighted by molar-refractivity contribution is 6.31. The Morgan fingerprint density at radius 2 is 1.96 bits per heavy atom. The van der Waals surface area contributed by atoms with E-state index in [1.54, 1.807) is 0 Å². The molecule has 3 rings (SSSR count). The zero-order valence-electron chi connectivity index (χ0n) is 16.2. The maximum Gasteiger partial charge on any atom is 0.407 e. The summed E-state index contributed by atoms with van der Waals surface area (Å²) in [4.78, 5) is 16.2. The van der Waals surface area contributed by atoms with Crippen molar-refractivity contribution >= 4 is 34.3 Å². The minimum Gasteiger partial charge on any atom is -0.444 e. The average molecular weight is 390 g/mol. The van der Waals surface area contributed by atoms with E-state index in [1.165, 1.54) is 0 Å². The van der Waals surface area contributed by atoms with Crippen molar-refractivity contribution in [3.8, 4) is 0 Å². The molecule has 2 aromatic rings. The molecule has 1 aliphatic carbocycles. The predicted molar refractivity (Wildman–Crippen MR) is 110 cm³/mol. The summed E-state index contributed by atoms with van der Waals surface area (Å²) in [7, 11) is 0. The maximum atomic E-state index is 11.8. The van der Waals surface area contributed by atoms with Gasteiger partial charge in [-0.15, -0.1) is 0 Å². The molecular formula is C21H28ClN3O2. The van der Waals surface area contributed by atoms with Crippen molar-refractivity contribution in [2.24, 2.45) is 5.92 Å². The Morgan fingerprint density at radius 3 is 2.67 bits per heavy atom. The molecule has 0 spiro atoms. The van der Waals surface area contributed by atoms with Gasteiger partial charge in [-0.1, -0.05) is 11.6 Å². The van der Waals surface area contributed by atoms with Gasteiger partial charge in [0.15, 0.2) is 0 Å². The number of anilines is 1. The van der Waals surface area contributed by atoms with Gasteiger partial charge in [-0.3, -0.25) is 4.98 Å². The van der Waals surface area contributed by atoms with Gasteiger partial charge < -0.3 is 15.4 Å². The molecule has 0 saturated heterocycles. The number of fused-ring (bicyclic) bond motifs is 1. The summed E-state index contributed by atoms with van der Waals surface area (Å²) in [6.07, 6.45) is 5.81. The van der Waals surface area contributed by atoms with E-state index >= 15 is 0 Å². The van der Waals surface area contributed by atoms with Gasteiger partial charge in [0.25, 0.3) is 0 Å². The highest BCUT2D eigenvalue weighted by atomic mass is 35.5. The Balaban J connectivity index is 1.50. The second kappa shape index (κ2) is 8.34. The lowest BCUT2D eigenvalue weighted by molar-refractivity contribution is 0.0515. The summed E-state index contributed by atoms with van der Waals surface area (Å²) in [5.41, 5.74) is 1.57. The highest BCUT2D eigenvalue weighted by Gasteiger charge is 2.23. The molecular weight excluding hydrogens is 362 g/mol. The van der Waals surface area contributed by atoms with E-state index in [4.69, 9.17) is 16.3 Å². The molecule has 1 amide bonds. The quantitative estimate of drug-likeness (QED) is 0.736. The molecule has 0 atom stereocenters. The zero-order valence-corrected chi connectivity index (χ0v) is 17.0. The standard InChI is InChI=1S/C21H28ClN3O2/c1-21(2,3)27-20(26)24-13-14-4-7-16(8-5-14)25-19-10-11-23-18-9-6-15(22)12-17(18)19/h6,9-12,14,16H,4-5,7-8,13H2,1-3H3,(H,23,25)(H,24,26)/t14-,16-. The van der Waals surface area contributed by atoms with E-state index in [-0.39, 0.29) is 6.09 Å². The first-order valence-electron chi connectivity index (χ1n) is 9.58. The number of halogens is 1. The van der Waals surface area contributed by atoms with Crippen LogP contribution in [0.25, 0.3) is 10.9 Å². The summed E-state index contributed by atoms with van der Waals surface area (Å²) < 4.78 is 5.30. The second-order valence-electron chi connectivity index (χ2n) is 8.26. The SMILES string of the molecule is CC(C)(C)OC(=O)NC[C@H]1CC[C@H](Nc2ccnc3ccc(Cl)cc23)CC1. The lowest BCUT2D eigenvalue weighted by atomic mass is 9.86. The molecule has 1 aliphatic rings. The van der Waals surface area contributed by atoms with Crippen molar-refractivity contribution in [3.63, 3.8) is 0 Å². The number of benzene rings is 1. The molecule has 1 aromatic heterocycles. The summed E-state index contributed by atoms with van der Waals surface area (Å²) in [6.45, 7) is 6.30. The molecule has 0 unspecified atom stereocenters. The van der Waals surface area contributed by atoms with Gasteiger partial charge in [-0.05, 0) is 76.6 Å². The number of alkyl carbamates (subject to hydrolysis) is 1. The molecule has 6 heteroatoms. The molecule has 1 aromatic carbocycles. The van der Waals surface area contributed by atoms with Crippen LogP contribution in [-0.2, 0) is 4.74 Å². The first kappa shape index (κ1) is 19.7. The first-order valence-corrected chi connectivity index (χ1v) is 9.95. The largest absolute Gasteiger partial charge is 0.444 e. The van der Waals surface area contributed by atoms with E-state index in [2.05, 4.69) is 15.6 Å². The van der Waals surface area contributed by atoms with Crippen molar-refractivity contribution in [3.05, 3.63) is 35.5 Å². The van der Waals surface area contributed by atoms with Gasteiger partial charge in [0.2, 0.25) is 0 Å². The van der Waals surface area contributed by atoms with E-state index in [1.807, 2.05) is 51.2 Å². The van der Waals surface area contributed by atoms with Gasteiger partial charge in [0.1, 0.15) is 5.60 Å². The normalized spacial score (nSPS) is 20.3. The summed E-state index contributed by atoms with van der Waals surface area (Å²) in [6, 6.07) is 8.20.